The van der Waals surface area contributed by atoms with E-state index < -0.39 is 24.6 Å². The van der Waals surface area contributed by atoms with Crippen LogP contribution in [0.5, 0.6) is 0 Å². The topological polar surface area (TPSA) is 29.5 Å². The third-order valence-electron chi connectivity index (χ3n) is 2.46. The van der Waals surface area contributed by atoms with Crippen LogP contribution in [0.3, 0.4) is 0 Å². The zero-order valence-electron chi connectivity index (χ0n) is 7.23. The van der Waals surface area contributed by atoms with Crippen molar-refractivity contribution in [3.8, 4) is 0 Å². The van der Waals surface area contributed by atoms with E-state index in [9.17, 15) is 13.2 Å². The van der Waals surface area contributed by atoms with Crippen LogP contribution in [0, 0.1) is 5.41 Å². The molecule has 78 valence electrons. The van der Waals surface area contributed by atoms with Crippen molar-refractivity contribution in [2.45, 2.75) is 25.4 Å². The number of ether oxygens (including phenoxy) is 1. The SMILES string of the molecule is OCC1(CC(F)(F)F)CCOCC1. The molecule has 0 aromatic rings. The third kappa shape index (κ3) is 3.15. The molecule has 0 radical (unpaired) electrons. The van der Waals surface area contributed by atoms with Crippen molar-refractivity contribution in [3.05, 3.63) is 0 Å². The fourth-order valence-electron chi connectivity index (χ4n) is 1.62. The maximum atomic E-state index is 12.1. The maximum absolute atomic E-state index is 12.1. The van der Waals surface area contributed by atoms with Crippen molar-refractivity contribution >= 4 is 0 Å². The second-order valence-corrected chi connectivity index (χ2v) is 3.56. The van der Waals surface area contributed by atoms with Crippen molar-refractivity contribution in [2.75, 3.05) is 19.8 Å². The van der Waals surface area contributed by atoms with Gasteiger partial charge in [0.1, 0.15) is 0 Å². The molecule has 0 aromatic heterocycles. The number of hydrogen-bond donors (Lipinski definition) is 1. The summed E-state index contributed by atoms with van der Waals surface area (Å²) in [5.74, 6) is 0. The Labute approximate surface area is 74.7 Å². The molecule has 1 fully saturated rings. The molecule has 0 bridgehead atoms. The van der Waals surface area contributed by atoms with E-state index in [1.54, 1.807) is 0 Å². The van der Waals surface area contributed by atoms with Crippen molar-refractivity contribution in [1.29, 1.82) is 0 Å². The standard InChI is InChI=1S/C8H13F3O2/c9-8(10,11)5-7(6-12)1-3-13-4-2-7/h12H,1-6H2. The van der Waals surface area contributed by atoms with Crippen molar-refractivity contribution in [3.63, 3.8) is 0 Å². The Hall–Kier alpha value is -0.290. The van der Waals surface area contributed by atoms with Gasteiger partial charge in [-0.15, -0.1) is 0 Å². The van der Waals surface area contributed by atoms with Gasteiger partial charge in [-0.2, -0.15) is 13.2 Å². The first-order chi connectivity index (χ1) is 5.97. The molecule has 0 saturated carbocycles. The highest BCUT2D eigenvalue weighted by atomic mass is 19.4. The van der Waals surface area contributed by atoms with Crippen LogP contribution in [0.4, 0.5) is 13.2 Å². The molecule has 1 rings (SSSR count). The highest BCUT2D eigenvalue weighted by Gasteiger charge is 2.42. The average Bonchev–Trinajstić information content (AvgIpc) is 2.03. The number of aliphatic hydroxyl groups excluding tert-OH is 1. The van der Waals surface area contributed by atoms with Crippen LogP contribution in [0.1, 0.15) is 19.3 Å². The maximum Gasteiger partial charge on any atom is 0.389 e. The summed E-state index contributed by atoms with van der Waals surface area (Å²) in [6, 6.07) is 0. The molecular formula is C8H13F3O2. The smallest absolute Gasteiger partial charge is 0.389 e. The summed E-state index contributed by atoms with van der Waals surface area (Å²) in [6.07, 6.45) is -4.51. The normalized spacial score (nSPS) is 23.1. The van der Waals surface area contributed by atoms with E-state index in [1.165, 1.54) is 0 Å². The lowest BCUT2D eigenvalue weighted by Gasteiger charge is -2.35. The largest absolute Gasteiger partial charge is 0.396 e. The van der Waals surface area contributed by atoms with Crippen LogP contribution in [0.2, 0.25) is 0 Å². The Kier molecular flexibility index (Phi) is 3.18. The predicted octanol–water partition coefficient (Wildman–Crippen LogP) is 1.73. The first-order valence-corrected chi connectivity index (χ1v) is 4.23. The molecule has 1 aliphatic rings. The van der Waals surface area contributed by atoms with Gasteiger partial charge in [-0.25, -0.2) is 0 Å². The summed E-state index contributed by atoms with van der Waals surface area (Å²) in [4.78, 5) is 0. The molecule has 1 N–H and O–H groups in total. The second-order valence-electron chi connectivity index (χ2n) is 3.56. The fraction of sp³-hybridized carbons (Fsp3) is 1.00. The molecule has 0 aliphatic carbocycles. The molecule has 0 aromatic carbocycles. The van der Waals surface area contributed by atoms with E-state index in [-0.39, 0.29) is 0 Å². The van der Waals surface area contributed by atoms with E-state index in [0.717, 1.165) is 0 Å². The van der Waals surface area contributed by atoms with Gasteiger partial charge in [-0.1, -0.05) is 0 Å². The van der Waals surface area contributed by atoms with Crippen molar-refractivity contribution in [2.24, 2.45) is 5.41 Å². The number of aliphatic hydroxyl groups is 1. The summed E-state index contributed by atoms with van der Waals surface area (Å²) >= 11 is 0. The Morgan fingerprint density at radius 2 is 1.77 bits per heavy atom. The lowest BCUT2D eigenvalue weighted by Crippen LogP contribution is -2.37. The molecule has 1 aliphatic heterocycles. The van der Waals surface area contributed by atoms with Crippen LogP contribution < -0.4 is 0 Å². The Balaban J connectivity index is 2.57. The Bertz CT molecular complexity index is 161. The minimum Gasteiger partial charge on any atom is -0.396 e. The Morgan fingerprint density at radius 1 is 1.23 bits per heavy atom. The minimum atomic E-state index is -4.19. The van der Waals surface area contributed by atoms with Crippen LogP contribution in [0.15, 0.2) is 0 Å². The molecule has 13 heavy (non-hydrogen) atoms. The number of hydrogen-bond acceptors (Lipinski definition) is 2. The predicted molar refractivity (Wildman–Crippen MR) is 40.2 cm³/mol. The summed E-state index contributed by atoms with van der Waals surface area (Å²) in [5, 5.41) is 8.95. The number of rotatable bonds is 2. The second kappa shape index (κ2) is 3.84. The van der Waals surface area contributed by atoms with Gasteiger partial charge < -0.3 is 9.84 Å². The Morgan fingerprint density at radius 3 is 2.15 bits per heavy atom. The molecule has 0 atom stereocenters. The molecule has 2 nitrogen and oxygen atoms in total. The third-order valence-corrected chi connectivity index (χ3v) is 2.46. The lowest BCUT2D eigenvalue weighted by atomic mass is 9.78. The monoisotopic (exact) mass is 198 g/mol. The molecule has 1 heterocycles. The highest BCUT2D eigenvalue weighted by Crippen LogP contribution is 2.40. The molecule has 0 unspecified atom stereocenters. The minimum absolute atomic E-state index is 0.295. The zero-order valence-corrected chi connectivity index (χ0v) is 7.23. The van der Waals surface area contributed by atoms with Crippen LogP contribution >= 0.6 is 0 Å². The van der Waals surface area contributed by atoms with Gasteiger partial charge in [0.05, 0.1) is 6.42 Å². The van der Waals surface area contributed by atoms with E-state index >= 15 is 0 Å². The van der Waals surface area contributed by atoms with Crippen molar-refractivity contribution < 1.29 is 23.0 Å². The van der Waals surface area contributed by atoms with Gasteiger partial charge in [-0.3, -0.25) is 0 Å². The van der Waals surface area contributed by atoms with E-state index in [0.29, 0.717) is 26.1 Å². The van der Waals surface area contributed by atoms with Crippen LogP contribution in [0.25, 0.3) is 0 Å². The highest BCUT2D eigenvalue weighted by molar-refractivity contribution is 4.83. The van der Waals surface area contributed by atoms with E-state index in [2.05, 4.69) is 0 Å². The summed E-state index contributed by atoms with van der Waals surface area (Å²) in [7, 11) is 0. The fourth-order valence-corrected chi connectivity index (χ4v) is 1.62. The van der Waals surface area contributed by atoms with Crippen molar-refractivity contribution in [1.82, 2.24) is 0 Å². The van der Waals surface area contributed by atoms with Crippen LogP contribution in [-0.4, -0.2) is 31.1 Å². The summed E-state index contributed by atoms with van der Waals surface area (Å²) < 4.78 is 41.3. The van der Waals surface area contributed by atoms with Crippen LogP contribution in [-0.2, 0) is 4.74 Å². The van der Waals surface area contributed by atoms with E-state index in [1.807, 2.05) is 0 Å². The molecule has 0 spiro atoms. The number of halogens is 3. The van der Waals surface area contributed by atoms with Gasteiger partial charge in [0.15, 0.2) is 0 Å². The molecule has 1 saturated heterocycles. The van der Waals surface area contributed by atoms with Gasteiger partial charge in [0, 0.05) is 25.2 Å². The molecule has 0 amide bonds. The van der Waals surface area contributed by atoms with Gasteiger partial charge in [0.2, 0.25) is 0 Å². The van der Waals surface area contributed by atoms with Gasteiger partial charge in [0.25, 0.3) is 0 Å². The average molecular weight is 198 g/mol. The van der Waals surface area contributed by atoms with Gasteiger partial charge in [-0.05, 0) is 12.8 Å². The lowest BCUT2D eigenvalue weighted by molar-refractivity contribution is -0.176. The zero-order chi connectivity index (χ0) is 9.95. The molecule has 5 heteroatoms. The first kappa shape index (κ1) is 10.8. The summed E-state index contributed by atoms with van der Waals surface area (Å²) in [6.45, 7) is 0.225. The quantitative estimate of drug-likeness (QED) is 0.732. The molecular weight excluding hydrogens is 185 g/mol. The number of alkyl halides is 3. The van der Waals surface area contributed by atoms with Gasteiger partial charge >= 0.3 is 6.18 Å². The first-order valence-electron chi connectivity index (χ1n) is 4.23. The summed E-state index contributed by atoms with van der Waals surface area (Å²) in [5.41, 5.74) is -0.990. The van der Waals surface area contributed by atoms with E-state index in [4.69, 9.17) is 9.84 Å².